The van der Waals surface area contributed by atoms with Crippen LogP contribution in [0.4, 0.5) is 0 Å². The number of ether oxygens (including phenoxy) is 1. The van der Waals surface area contributed by atoms with E-state index < -0.39 is 0 Å². The Morgan fingerprint density at radius 2 is 2.00 bits per heavy atom. The molecule has 17 heavy (non-hydrogen) atoms. The van der Waals surface area contributed by atoms with Crippen molar-refractivity contribution in [2.24, 2.45) is 0 Å². The third-order valence-corrected chi connectivity index (χ3v) is 2.95. The van der Waals surface area contributed by atoms with Crippen molar-refractivity contribution in [3.63, 3.8) is 0 Å². The van der Waals surface area contributed by atoms with E-state index in [0.29, 0.717) is 6.10 Å². The van der Waals surface area contributed by atoms with Gasteiger partial charge in [0.2, 0.25) is 0 Å². The zero-order valence-electron chi connectivity index (χ0n) is 12.5. The summed E-state index contributed by atoms with van der Waals surface area (Å²) in [5.41, 5.74) is 0.243. The van der Waals surface area contributed by atoms with Crippen LogP contribution in [0.1, 0.15) is 48.0 Å². The summed E-state index contributed by atoms with van der Waals surface area (Å²) >= 11 is 0. The monoisotopic (exact) mass is 242 g/mol. The van der Waals surface area contributed by atoms with Gasteiger partial charge in [-0.05, 0) is 61.1 Å². The molecular weight excluding hydrogens is 212 g/mol. The zero-order valence-corrected chi connectivity index (χ0v) is 12.5. The number of rotatable bonds is 4. The fraction of sp³-hybridized carbons (Fsp3) is 1.00. The van der Waals surface area contributed by atoms with Crippen molar-refractivity contribution in [1.29, 1.82) is 0 Å². The first-order chi connectivity index (χ1) is 7.68. The maximum absolute atomic E-state index is 5.91. The molecule has 1 heterocycles. The van der Waals surface area contributed by atoms with Crippen molar-refractivity contribution < 1.29 is 4.74 Å². The summed E-state index contributed by atoms with van der Waals surface area (Å²) in [6, 6.07) is 0. The lowest BCUT2D eigenvalue weighted by Gasteiger charge is -2.41. The van der Waals surface area contributed by atoms with Gasteiger partial charge in [0.15, 0.2) is 0 Å². The number of nitrogens with zero attached hydrogens (tertiary/aromatic N) is 1. The molecule has 1 atom stereocenters. The Hall–Kier alpha value is -0.120. The first kappa shape index (κ1) is 14.9. The van der Waals surface area contributed by atoms with E-state index >= 15 is 0 Å². The smallest absolute Gasteiger partial charge is 0.0757 e. The van der Waals surface area contributed by atoms with E-state index in [1.807, 2.05) is 0 Å². The number of morpholine rings is 1. The van der Waals surface area contributed by atoms with Gasteiger partial charge in [0.25, 0.3) is 0 Å². The van der Waals surface area contributed by atoms with Crippen molar-refractivity contribution in [2.75, 3.05) is 26.2 Å². The van der Waals surface area contributed by atoms with Crippen LogP contribution in [-0.2, 0) is 4.74 Å². The molecule has 0 aromatic rings. The van der Waals surface area contributed by atoms with Gasteiger partial charge < -0.3 is 10.1 Å². The first-order valence-corrected chi connectivity index (χ1v) is 6.83. The molecule has 0 bridgehead atoms. The van der Waals surface area contributed by atoms with Crippen molar-refractivity contribution in [3.05, 3.63) is 0 Å². The van der Waals surface area contributed by atoms with E-state index in [4.69, 9.17) is 4.74 Å². The van der Waals surface area contributed by atoms with Crippen LogP contribution in [0.5, 0.6) is 0 Å². The van der Waals surface area contributed by atoms with Crippen LogP contribution in [-0.4, -0.2) is 48.3 Å². The van der Waals surface area contributed by atoms with Crippen molar-refractivity contribution in [3.8, 4) is 0 Å². The summed E-state index contributed by atoms with van der Waals surface area (Å²) in [7, 11) is 0. The highest BCUT2D eigenvalue weighted by Crippen LogP contribution is 2.20. The lowest BCUT2D eigenvalue weighted by molar-refractivity contribution is -0.128. The molecule has 1 saturated heterocycles. The van der Waals surface area contributed by atoms with Crippen LogP contribution in [0.2, 0.25) is 0 Å². The summed E-state index contributed by atoms with van der Waals surface area (Å²) in [6.07, 6.45) is 1.56. The van der Waals surface area contributed by atoms with Crippen LogP contribution in [0, 0.1) is 0 Å². The molecule has 0 amide bonds. The van der Waals surface area contributed by atoms with Gasteiger partial charge in [-0.3, -0.25) is 4.90 Å². The van der Waals surface area contributed by atoms with Crippen LogP contribution in [0.3, 0.4) is 0 Å². The SMILES string of the molecule is CC1CN(CCCNC(C)(C)C)CC(C)(C)O1. The second-order valence-electron chi connectivity index (χ2n) is 6.95. The highest BCUT2D eigenvalue weighted by atomic mass is 16.5. The lowest BCUT2D eigenvalue weighted by atomic mass is 10.1. The molecule has 1 unspecified atom stereocenters. The molecule has 0 spiro atoms. The van der Waals surface area contributed by atoms with Gasteiger partial charge in [0, 0.05) is 18.6 Å². The molecule has 0 radical (unpaired) electrons. The molecule has 1 rings (SSSR count). The molecule has 0 aliphatic carbocycles. The Morgan fingerprint density at radius 1 is 1.35 bits per heavy atom. The third kappa shape index (κ3) is 6.39. The summed E-state index contributed by atoms with van der Waals surface area (Å²) in [6.45, 7) is 17.6. The van der Waals surface area contributed by atoms with Crippen molar-refractivity contribution in [2.45, 2.75) is 65.2 Å². The Kier molecular flexibility index (Phi) is 4.99. The number of hydrogen-bond acceptors (Lipinski definition) is 3. The van der Waals surface area contributed by atoms with Gasteiger partial charge in [-0.15, -0.1) is 0 Å². The van der Waals surface area contributed by atoms with E-state index in [-0.39, 0.29) is 11.1 Å². The minimum atomic E-state index is 0.00905. The van der Waals surface area contributed by atoms with E-state index in [1.165, 1.54) is 13.0 Å². The zero-order chi connectivity index (χ0) is 13.1. The molecule has 1 aliphatic rings. The van der Waals surface area contributed by atoms with Crippen molar-refractivity contribution in [1.82, 2.24) is 10.2 Å². The van der Waals surface area contributed by atoms with E-state index in [2.05, 4.69) is 51.8 Å². The molecular formula is C14H30N2O. The van der Waals surface area contributed by atoms with E-state index in [9.17, 15) is 0 Å². The molecule has 1 N–H and O–H groups in total. The lowest BCUT2D eigenvalue weighted by Crippen LogP contribution is -2.52. The topological polar surface area (TPSA) is 24.5 Å². The minimum absolute atomic E-state index is 0.00905. The highest BCUT2D eigenvalue weighted by Gasteiger charge is 2.30. The molecule has 102 valence electrons. The highest BCUT2D eigenvalue weighted by molar-refractivity contribution is 4.82. The molecule has 0 aromatic heterocycles. The molecule has 0 saturated carbocycles. The fourth-order valence-corrected chi connectivity index (χ4v) is 2.52. The number of hydrogen-bond donors (Lipinski definition) is 1. The van der Waals surface area contributed by atoms with Gasteiger partial charge in [-0.25, -0.2) is 0 Å². The van der Waals surface area contributed by atoms with Crippen LogP contribution in [0.25, 0.3) is 0 Å². The van der Waals surface area contributed by atoms with Gasteiger partial charge >= 0.3 is 0 Å². The molecule has 0 aromatic carbocycles. The quantitative estimate of drug-likeness (QED) is 0.765. The first-order valence-electron chi connectivity index (χ1n) is 6.83. The van der Waals surface area contributed by atoms with E-state index in [1.54, 1.807) is 0 Å². The molecule has 1 fully saturated rings. The predicted molar refractivity (Wildman–Crippen MR) is 73.4 cm³/mol. The summed E-state index contributed by atoms with van der Waals surface area (Å²) < 4.78 is 5.91. The Balaban J connectivity index is 2.23. The van der Waals surface area contributed by atoms with Crippen LogP contribution in [0.15, 0.2) is 0 Å². The normalized spacial score (nSPS) is 26.1. The number of nitrogens with one attached hydrogen (secondary N) is 1. The van der Waals surface area contributed by atoms with Gasteiger partial charge in [0.05, 0.1) is 11.7 Å². The predicted octanol–water partition coefficient (Wildman–Crippen LogP) is 2.26. The summed E-state index contributed by atoms with van der Waals surface area (Å²) in [4.78, 5) is 2.53. The molecule has 1 aliphatic heterocycles. The fourth-order valence-electron chi connectivity index (χ4n) is 2.52. The Bertz CT molecular complexity index is 233. The molecule has 3 heteroatoms. The van der Waals surface area contributed by atoms with Crippen LogP contribution < -0.4 is 5.32 Å². The summed E-state index contributed by atoms with van der Waals surface area (Å²) in [5, 5.41) is 3.54. The van der Waals surface area contributed by atoms with Gasteiger partial charge in [-0.2, -0.15) is 0 Å². The Morgan fingerprint density at radius 3 is 2.53 bits per heavy atom. The second-order valence-corrected chi connectivity index (χ2v) is 6.95. The second kappa shape index (κ2) is 5.68. The Labute approximate surface area is 107 Å². The summed E-state index contributed by atoms with van der Waals surface area (Å²) in [5.74, 6) is 0. The molecule has 3 nitrogen and oxygen atoms in total. The maximum Gasteiger partial charge on any atom is 0.0757 e. The van der Waals surface area contributed by atoms with E-state index in [0.717, 1.165) is 19.6 Å². The maximum atomic E-state index is 5.91. The third-order valence-electron chi connectivity index (χ3n) is 2.95. The largest absolute Gasteiger partial charge is 0.370 e. The van der Waals surface area contributed by atoms with Gasteiger partial charge in [-0.1, -0.05) is 0 Å². The van der Waals surface area contributed by atoms with Crippen molar-refractivity contribution >= 4 is 0 Å². The average Bonchev–Trinajstić information content (AvgIpc) is 2.07. The standard InChI is InChI=1S/C14H30N2O/c1-12-10-16(11-14(5,6)17-12)9-7-8-15-13(2,3)4/h12,15H,7-11H2,1-6H3. The van der Waals surface area contributed by atoms with Crippen LogP contribution >= 0.6 is 0 Å². The average molecular weight is 242 g/mol. The minimum Gasteiger partial charge on any atom is -0.370 e. The van der Waals surface area contributed by atoms with Gasteiger partial charge in [0.1, 0.15) is 0 Å².